The first kappa shape index (κ1) is 15.0. The van der Waals surface area contributed by atoms with Gasteiger partial charge in [0.25, 0.3) is 0 Å². The third kappa shape index (κ3) is 2.51. The van der Waals surface area contributed by atoms with Gasteiger partial charge in [0.15, 0.2) is 5.02 Å². The minimum Gasteiger partial charge on any atom is -0.426 e. The highest BCUT2D eigenvalue weighted by Crippen LogP contribution is 2.42. The third-order valence-corrected chi connectivity index (χ3v) is 4.64. The van der Waals surface area contributed by atoms with E-state index in [0.29, 0.717) is 0 Å². The molecule has 4 rings (SSSR count). The molecule has 0 bridgehead atoms. The first-order chi connectivity index (χ1) is 11.8. The lowest BCUT2D eigenvalue weighted by Gasteiger charge is -2.27. The van der Waals surface area contributed by atoms with Crippen molar-refractivity contribution in [2.45, 2.75) is 19.3 Å². The Balaban J connectivity index is 2.01. The van der Waals surface area contributed by atoms with Gasteiger partial charge in [0, 0.05) is 23.4 Å². The molecule has 0 amide bonds. The Kier molecular flexibility index (Phi) is 3.87. The SMILES string of the molecule is O=c1oc2c(c(N(c3ccccc3)c3ccccc3)c1Cl)CCC2. The molecule has 0 saturated heterocycles. The molecule has 0 N–H and O–H groups in total. The monoisotopic (exact) mass is 337 g/mol. The van der Waals surface area contributed by atoms with Crippen molar-refractivity contribution in [3.05, 3.63) is 87.4 Å². The lowest BCUT2D eigenvalue weighted by Crippen LogP contribution is -2.16. The average molecular weight is 338 g/mol. The summed E-state index contributed by atoms with van der Waals surface area (Å²) >= 11 is 6.42. The van der Waals surface area contributed by atoms with Crippen molar-refractivity contribution < 1.29 is 4.42 Å². The van der Waals surface area contributed by atoms with Crippen molar-refractivity contribution in [1.29, 1.82) is 0 Å². The van der Waals surface area contributed by atoms with Gasteiger partial charge in [-0.05, 0) is 37.1 Å². The van der Waals surface area contributed by atoms with Crippen LogP contribution in [0.2, 0.25) is 5.02 Å². The van der Waals surface area contributed by atoms with Gasteiger partial charge < -0.3 is 9.32 Å². The summed E-state index contributed by atoms with van der Waals surface area (Å²) in [7, 11) is 0. The van der Waals surface area contributed by atoms with Gasteiger partial charge in [0.2, 0.25) is 0 Å². The molecule has 0 aliphatic heterocycles. The normalized spacial score (nSPS) is 12.9. The summed E-state index contributed by atoms with van der Waals surface area (Å²) in [5.74, 6) is 0.760. The highest BCUT2D eigenvalue weighted by atomic mass is 35.5. The minimum atomic E-state index is -0.468. The molecule has 24 heavy (non-hydrogen) atoms. The summed E-state index contributed by atoms with van der Waals surface area (Å²) in [4.78, 5) is 14.3. The quantitative estimate of drug-likeness (QED) is 0.654. The van der Waals surface area contributed by atoms with E-state index in [-0.39, 0.29) is 5.02 Å². The van der Waals surface area contributed by atoms with Crippen molar-refractivity contribution in [1.82, 2.24) is 0 Å². The number of para-hydroxylation sites is 2. The number of hydrogen-bond donors (Lipinski definition) is 0. The fraction of sp³-hybridized carbons (Fsp3) is 0.150. The van der Waals surface area contributed by atoms with Gasteiger partial charge in [0.1, 0.15) is 5.76 Å². The largest absolute Gasteiger partial charge is 0.426 e. The maximum absolute atomic E-state index is 12.2. The molecule has 1 aliphatic rings. The standard InChI is InChI=1S/C20H16ClNO2/c21-18-19(16-12-7-13-17(16)24-20(18)23)22(14-8-3-1-4-9-14)15-10-5-2-6-11-15/h1-6,8-11H,7,12-13H2. The molecule has 0 unspecified atom stereocenters. The first-order valence-electron chi connectivity index (χ1n) is 8.00. The fourth-order valence-electron chi connectivity index (χ4n) is 3.26. The second kappa shape index (κ2) is 6.17. The number of nitrogens with zero attached hydrogens (tertiary/aromatic N) is 1. The second-order valence-corrected chi connectivity index (χ2v) is 6.19. The lowest BCUT2D eigenvalue weighted by atomic mass is 10.1. The molecule has 0 saturated carbocycles. The van der Waals surface area contributed by atoms with Gasteiger partial charge >= 0.3 is 5.63 Å². The van der Waals surface area contributed by atoms with Crippen LogP contribution in [0.4, 0.5) is 17.1 Å². The van der Waals surface area contributed by atoms with Crippen LogP contribution >= 0.6 is 11.6 Å². The molecule has 120 valence electrons. The highest BCUT2D eigenvalue weighted by molar-refractivity contribution is 6.33. The van der Waals surface area contributed by atoms with Gasteiger partial charge in [-0.15, -0.1) is 0 Å². The van der Waals surface area contributed by atoms with Crippen LogP contribution in [0.25, 0.3) is 0 Å². The van der Waals surface area contributed by atoms with E-state index in [1.54, 1.807) is 0 Å². The van der Waals surface area contributed by atoms with Crippen molar-refractivity contribution >= 4 is 28.7 Å². The zero-order valence-electron chi connectivity index (χ0n) is 13.0. The van der Waals surface area contributed by atoms with Crippen LogP contribution in [0.5, 0.6) is 0 Å². The Morgan fingerprint density at radius 2 is 1.46 bits per heavy atom. The molecule has 0 atom stereocenters. The molecule has 0 radical (unpaired) electrons. The Hall–Kier alpha value is -2.52. The average Bonchev–Trinajstić information content (AvgIpc) is 3.08. The Bertz CT molecular complexity index is 880. The van der Waals surface area contributed by atoms with Crippen LogP contribution in [-0.2, 0) is 12.8 Å². The predicted octanol–water partition coefficient (Wildman–Crippen LogP) is 5.25. The van der Waals surface area contributed by atoms with Crippen LogP contribution in [0.3, 0.4) is 0 Å². The number of fused-ring (bicyclic) bond motifs is 1. The van der Waals surface area contributed by atoms with E-state index in [2.05, 4.69) is 0 Å². The molecular formula is C20H16ClNO2. The number of hydrogen-bond acceptors (Lipinski definition) is 3. The molecule has 2 aromatic carbocycles. The number of halogens is 1. The van der Waals surface area contributed by atoms with Crippen molar-refractivity contribution in [3.8, 4) is 0 Å². The molecule has 0 spiro atoms. The third-order valence-electron chi connectivity index (χ3n) is 4.31. The summed E-state index contributed by atoms with van der Waals surface area (Å²) < 4.78 is 5.40. The van der Waals surface area contributed by atoms with E-state index in [0.717, 1.165) is 47.6 Å². The molecule has 3 nitrogen and oxygen atoms in total. The molecule has 1 heterocycles. The predicted molar refractivity (Wildman–Crippen MR) is 96.7 cm³/mol. The maximum Gasteiger partial charge on any atom is 0.357 e. The van der Waals surface area contributed by atoms with Crippen molar-refractivity contribution in [2.75, 3.05) is 4.90 Å². The van der Waals surface area contributed by atoms with E-state index in [1.165, 1.54) is 0 Å². The van der Waals surface area contributed by atoms with Crippen molar-refractivity contribution in [2.24, 2.45) is 0 Å². The minimum absolute atomic E-state index is 0.142. The van der Waals surface area contributed by atoms with Crippen LogP contribution < -0.4 is 10.5 Å². The van der Waals surface area contributed by atoms with Crippen molar-refractivity contribution in [3.63, 3.8) is 0 Å². The molecule has 1 aromatic heterocycles. The number of benzene rings is 2. The van der Waals surface area contributed by atoms with Crippen LogP contribution in [0.15, 0.2) is 69.9 Å². The topological polar surface area (TPSA) is 33.5 Å². The Morgan fingerprint density at radius 1 is 0.875 bits per heavy atom. The summed E-state index contributed by atoms with van der Waals surface area (Å²) in [6, 6.07) is 19.9. The fourth-order valence-corrected chi connectivity index (χ4v) is 3.50. The zero-order chi connectivity index (χ0) is 16.5. The number of aryl methyl sites for hydroxylation is 1. The smallest absolute Gasteiger partial charge is 0.357 e. The van der Waals surface area contributed by atoms with Gasteiger partial charge in [0.05, 0.1) is 5.69 Å². The van der Waals surface area contributed by atoms with E-state index >= 15 is 0 Å². The summed E-state index contributed by atoms with van der Waals surface area (Å²) in [6.07, 6.45) is 2.62. The van der Waals surface area contributed by atoms with Gasteiger partial charge in [-0.3, -0.25) is 0 Å². The van der Waals surface area contributed by atoms with E-state index < -0.39 is 5.63 Å². The summed E-state index contributed by atoms with van der Waals surface area (Å²) in [5.41, 5.74) is 3.24. The number of rotatable bonds is 3. The second-order valence-electron chi connectivity index (χ2n) is 5.81. The Morgan fingerprint density at radius 3 is 2.04 bits per heavy atom. The van der Waals surface area contributed by atoms with E-state index in [9.17, 15) is 4.79 Å². The van der Waals surface area contributed by atoms with E-state index in [1.807, 2.05) is 65.6 Å². The molecule has 3 aromatic rings. The molecular weight excluding hydrogens is 322 g/mol. The molecule has 0 fully saturated rings. The Labute approximate surface area is 145 Å². The van der Waals surface area contributed by atoms with Gasteiger partial charge in [-0.2, -0.15) is 0 Å². The first-order valence-corrected chi connectivity index (χ1v) is 8.38. The van der Waals surface area contributed by atoms with Gasteiger partial charge in [-0.25, -0.2) is 4.79 Å². The highest BCUT2D eigenvalue weighted by Gasteiger charge is 2.27. The van der Waals surface area contributed by atoms with Gasteiger partial charge in [-0.1, -0.05) is 48.0 Å². The van der Waals surface area contributed by atoms with Crippen LogP contribution in [0, 0.1) is 0 Å². The number of anilines is 3. The molecule has 4 heteroatoms. The lowest BCUT2D eigenvalue weighted by molar-refractivity contribution is 0.467. The van der Waals surface area contributed by atoms with Crippen LogP contribution in [0.1, 0.15) is 17.7 Å². The van der Waals surface area contributed by atoms with E-state index in [4.69, 9.17) is 16.0 Å². The summed E-state index contributed by atoms with van der Waals surface area (Å²) in [6.45, 7) is 0. The molecule has 1 aliphatic carbocycles. The summed E-state index contributed by atoms with van der Waals surface area (Å²) in [5, 5.41) is 0.142. The maximum atomic E-state index is 12.2. The van der Waals surface area contributed by atoms with Crippen LogP contribution in [-0.4, -0.2) is 0 Å². The zero-order valence-corrected chi connectivity index (χ0v) is 13.8.